The molecule has 160 valence electrons. The van der Waals surface area contributed by atoms with Crippen LogP contribution >= 0.6 is 0 Å². The van der Waals surface area contributed by atoms with Crippen LogP contribution in [0.1, 0.15) is 18.9 Å². The van der Waals surface area contributed by atoms with Crippen LogP contribution in [-0.2, 0) is 16.1 Å². The van der Waals surface area contributed by atoms with Crippen LogP contribution in [0.25, 0.3) is 0 Å². The maximum absolute atomic E-state index is 13.0. The lowest BCUT2D eigenvalue weighted by Gasteiger charge is -2.21. The van der Waals surface area contributed by atoms with E-state index in [4.69, 9.17) is 4.74 Å². The SMILES string of the molecule is CCNC(=NCC(=O)Nc1ccc(F)cc1)N1CCC(COCc2ccccc2)C1. The summed E-state index contributed by atoms with van der Waals surface area (Å²) >= 11 is 0. The highest BCUT2D eigenvalue weighted by atomic mass is 19.1. The minimum Gasteiger partial charge on any atom is -0.376 e. The van der Waals surface area contributed by atoms with Crippen molar-refractivity contribution in [3.05, 3.63) is 66.0 Å². The maximum Gasteiger partial charge on any atom is 0.246 e. The van der Waals surface area contributed by atoms with E-state index in [1.54, 1.807) is 0 Å². The number of guanidine groups is 1. The molecule has 1 aliphatic heterocycles. The van der Waals surface area contributed by atoms with Crippen LogP contribution in [0, 0.1) is 11.7 Å². The van der Waals surface area contributed by atoms with Crippen LogP contribution in [0.5, 0.6) is 0 Å². The zero-order valence-electron chi connectivity index (χ0n) is 17.3. The number of ether oxygens (including phenoxy) is 1. The van der Waals surface area contributed by atoms with Crippen molar-refractivity contribution in [2.45, 2.75) is 20.0 Å². The van der Waals surface area contributed by atoms with Crippen molar-refractivity contribution in [3.8, 4) is 0 Å². The van der Waals surface area contributed by atoms with Gasteiger partial charge in [0.2, 0.25) is 5.91 Å². The zero-order valence-corrected chi connectivity index (χ0v) is 17.3. The number of amides is 1. The van der Waals surface area contributed by atoms with Crippen molar-refractivity contribution in [3.63, 3.8) is 0 Å². The molecule has 1 unspecified atom stereocenters. The molecule has 0 spiro atoms. The van der Waals surface area contributed by atoms with Gasteiger partial charge in [-0.1, -0.05) is 30.3 Å². The Balaban J connectivity index is 1.46. The van der Waals surface area contributed by atoms with E-state index in [9.17, 15) is 9.18 Å². The molecule has 1 heterocycles. The molecule has 1 atom stereocenters. The molecule has 0 aliphatic carbocycles. The molecule has 30 heavy (non-hydrogen) atoms. The van der Waals surface area contributed by atoms with E-state index in [0.29, 0.717) is 24.8 Å². The van der Waals surface area contributed by atoms with Crippen LogP contribution in [0.3, 0.4) is 0 Å². The van der Waals surface area contributed by atoms with Gasteiger partial charge in [-0.25, -0.2) is 9.38 Å². The van der Waals surface area contributed by atoms with Crippen LogP contribution < -0.4 is 10.6 Å². The van der Waals surface area contributed by atoms with Gasteiger partial charge in [0.05, 0.1) is 13.2 Å². The number of hydrogen-bond donors (Lipinski definition) is 2. The normalized spacial score (nSPS) is 16.5. The maximum atomic E-state index is 13.0. The summed E-state index contributed by atoms with van der Waals surface area (Å²) in [6, 6.07) is 15.8. The molecular formula is C23H29FN4O2. The number of carbonyl (C=O) groups is 1. The standard InChI is InChI=1S/C23H29FN4O2/c1-2-25-23(26-14-22(29)27-21-10-8-20(24)9-11-21)28-13-12-19(15-28)17-30-16-18-6-4-3-5-7-18/h3-11,19H,2,12-17H2,1H3,(H,25,26)(H,27,29). The van der Waals surface area contributed by atoms with Crippen LogP contribution in [-0.4, -0.2) is 49.6 Å². The Morgan fingerprint density at radius 1 is 1.20 bits per heavy atom. The van der Waals surface area contributed by atoms with E-state index in [1.807, 2.05) is 25.1 Å². The first-order valence-electron chi connectivity index (χ1n) is 10.3. The summed E-state index contributed by atoms with van der Waals surface area (Å²) in [5.41, 5.74) is 1.73. The predicted molar refractivity (Wildman–Crippen MR) is 117 cm³/mol. The summed E-state index contributed by atoms with van der Waals surface area (Å²) in [5.74, 6) is 0.596. The third-order valence-corrected chi connectivity index (χ3v) is 4.89. The van der Waals surface area contributed by atoms with E-state index in [-0.39, 0.29) is 18.3 Å². The molecule has 1 aliphatic rings. The first-order chi connectivity index (χ1) is 14.6. The molecule has 1 fully saturated rings. The van der Waals surface area contributed by atoms with Crippen molar-refractivity contribution in [2.24, 2.45) is 10.9 Å². The van der Waals surface area contributed by atoms with E-state index in [0.717, 1.165) is 32.0 Å². The van der Waals surface area contributed by atoms with E-state index in [1.165, 1.54) is 29.8 Å². The van der Waals surface area contributed by atoms with Gasteiger partial charge in [0, 0.05) is 31.2 Å². The number of halogens is 1. The van der Waals surface area contributed by atoms with E-state index < -0.39 is 0 Å². The van der Waals surface area contributed by atoms with Gasteiger partial charge in [-0.15, -0.1) is 0 Å². The summed E-state index contributed by atoms with van der Waals surface area (Å²) in [7, 11) is 0. The molecule has 1 amide bonds. The van der Waals surface area contributed by atoms with Gasteiger partial charge in [0.25, 0.3) is 0 Å². The number of nitrogens with one attached hydrogen (secondary N) is 2. The Hall–Kier alpha value is -2.93. The highest BCUT2D eigenvalue weighted by Crippen LogP contribution is 2.17. The summed E-state index contributed by atoms with van der Waals surface area (Å²) in [6.45, 7) is 5.79. The van der Waals surface area contributed by atoms with Crippen LogP contribution in [0.4, 0.5) is 10.1 Å². The molecule has 7 heteroatoms. The molecule has 0 bridgehead atoms. The fourth-order valence-corrected chi connectivity index (χ4v) is 3.38. The van der Waals surface area contributed by atoms with Gasteiger partial charge in [0.15, 0.2) is 5.96 Å². The lowest BCUT2D eigenvalue weighted by molar-refractivity contribution is -0.114. The zero-order chi connectivity index (χ0) is 21.2. The Kier molecular flexibility index (Phi) is 8.20. The minimum absolute atomic E-state index is 0.00534. The number of anilines is 1. The number of carbonyl (C=O) groups excluding carboxylic acids is 1. The fraction of sp³-hybridized carbons (Fsp3) is 0.391. The molecule has 2 aromatic carbocycles. The molecule has 1 saturated heterocycles. The lowest BCUT2D eigenvalue weighted by Crippen LogP contribution is -2.40. The summed E-state index contributed by atoms with van der Waals surface area (Å²) in [4.78, 5) is 18.8. The second-order valence-corrected chi connectivity index (χ2v) is 7.33. The lowest BCUT2D eigenvalue weighted by atomic mass is 10.1. The number of likely N-dealkylation sites (tertiary alicyclic amines) is 1. The number of rotatable bonds is 8. The molecule has 0 radical (unpaired) electrons. The average molecular weight is 413 g/mol. The molecule has 3 rings (SSSR count). The van der Waals surface area contributed by atoms with Gasteiger partial charge < -0.3 is 20.3 Å². The smallest absolute Gasteiger partial charge is 0.246 e. The molecule has 6 nitrogen and oxygen atoms in total. The van der Waals surface area contributed by atoms with Crippen LogP contribution in [0.2, 0.25) is 0 Å². The Bertz CT molecular complexity index is 827. The monoisotopic (exact) mass is 412 g/mol. The molecule has 0 saturated carbocycles. The number of nitrogens with zero attached hydrogens (tertiary/aromatic N) is 2. The van der Waals surface area contributed by atoms with Gasteiger partial charge in [-0.3, -0.25) is 4.79 Å². The molecule has 2 aromatic rings. The second kappa shape index (κ2) is 11.3. The Morgan fingerprint density at radius 3 is 2.70 bits per heavy atom. The van der Waals surface area contributed by atoms with Gasteiger partial charge in [-0.2, -0.15) is 0 Å². The highest BCUT2D eigenvalue weighted by Gasteiger charge is 2.25. The molecule has 0 aromatic heterocycles. The third kappa shape index (κ3) is 6.84. The first kappa shape index (κ1) is 21.8. The molecular weight excluding hydrogens is 383 g/mol. The van der Waals surface area contributed by atoms with Crippen molar-refractivity contribution in [1.82, 2.24) is 10.2 Å². The second-order valence-electron chi connectivity index (χ2n) is 7.33. The van der Waals surface area contributed by atoms with Crippen LogP contribution in [0.15, 0.2) is 59.6 Å². The van der Waals surface area contributed by atoms with Crippen molar-refractivity contribution >= 4 is 17.6 Å². The molecule has 2 N–H and O–H groups in total. The van der Waals surface area contributed by atoms with Gasteiger partial charge in [-0.05, 0) is 43.2 Å². The summed E-state index contributed by atoms with van der Waals surface area (Å²) in [6.07, 6.45) is 1.03. The average Bonchev–Trinajstić information content (AvgIpc) is 3.22. The Morgan fingerprint density at radius 2 is 1.97 bits per heavy atom. The number of hydrogen-bond acceptors (Lipinski definition) is 3. The summed E-state index contributed by atoms with van der Waals surface area (Å²) < 4.78 is 18.9. The largest absolute Gasteiger partial charge is 0.376 e. The van der Waals surface area contributed by atoms with Crippen molar-refractivity contribution < 1.29 is 13.9 Å². The van der Waals surface area contributed by atoms with Gasteiger partial charge >= 0.3 is 0 Å². The van der Waals surface area contributed by atoms with Crippen molar-refractivity contribution in [1.29, 1.82) is 0 Å². The first-order valence-corrected chi connectivity index (χ1v) is 10.3. The van der Waals surface area contributed by atoms with E-state index >= 15 is 0 Å². The summed E-state index contributed by atoms with van der Waals surface area (Å²) in [5, 5.41) is 5.99. The number of benzene rings is 2. The highest BCUT2D eigenvalue weighted by molar-refractivity contribution is 5.94. The number of aliphatic imine (C=N–C) groups is 1. The quantitative estimate of drug-likeness (QED) is 0.516. The van der Waals surface area contributed by atoms with Crippen molar-refractivity contribution in [2.75, 3.05) is 38.1 Å². The van der Waals surface area contributed by atoms with Gasteiger partial charge in [0.1, 0.15) is 12.4 Å². The van der Waals surface area contributed by atoms with E-state index in [2.05, 4.69) is 32.7 Å². The topological polar surface area (TPSA) is 66.0 Å². The fourth-order valence-electron chi connectivity index (χ4n) is 3.38. The predicted octanol–water partition coefficient (Wildman–Crippen LogP) is 3.27. The third-order valence-electron chi connectivity index (χ3n) is 4.89. The Labute approximate surface area is 177 Å². The minimum atomic E-state index is -0.336.